The number of ether oxygens (including phenoxy) is 1. The van der Waals surface area contributed by atoms with Crippen LogP contribution in [0.15, 0.2) is 0 Å². The largest absolute Gasteiger partial charge is 0.480 e. The molecule has 0 aromatic heterocycles. The molecule has 1 unspecified atom stereocenters. The van der Waals surface area contributed by atoms with Gasteiger partial charge in [0.05, 0.1) is 31.3 Å². The summed E-state index contributed by atoms with van der Waals surface area (Å²) in [5.41, 5.74) is 9.97. The van der Waals surface area contributed by atoms with Gasteiger partial charge in [0.15, 0.2) is 0 Å². The molecule has 15 heteroatoms. The molecular weight excluding hydrogens is 457 g/mol. The van der Waals surface area contributed by atoms with E-state index in [4.69, 9.17) is 26.3 Å². The monoisotopic (exact) mass is 493 g/mol. The summed E-state index contributed by atoms with van der Waals surface area (Å²) in [5, 5.41) is 30.6. The van der Waals surface area contributed by atoms with Gasteiger partial charge < -0.3 is 36.7 Å². The molecule has 2 saturated heterocycles. The van der Waals surface area contributed by atoms with Gasteiger partial charge in [0.1, 0.15) is 5.54 Å². The molecule has 0 saturated carbocycles. The minimum absolute atomic E-state index is 0.0290. The van der Waals surface area contributed by atoms with Crippen molar-refractivity contribution in [3.8, 4) is 0 Å². The van der Waals surface area contributed by atoms with E-state index in [9.17, 15) is 23.1 Å². The lowest BCUT2D eigenvalue weighted by Gasteiger charge is -2.34. The van der Waals surface area contributed by atoms with Crippen LogP contribution < -0.4 is 16.8 Å². The van der Waals surface area contributed by atoms with Gasteiger partial charge in [-0.05, 0) is 26.1 Å². The highest BCUT2D eigenvalue weighted by Gasteiger charge is 2.54. The Balaban J connectivity index is 2.26. The average molecular weight is 493 g/mol. The maximum absolute atomic E-state index is 13.6. The van der Waals surface area contributed by atoms with Crippen molar-refractivity contribution in [2.24, 2.45) is 17.4 Å². The molecule has 1 amide bonds. The number of hydrogen-bond donors (Lipinski definition) is 6. The number of hydrogen-bond acceptors (Lipinski definition) is 9. The third-order valence-electron chi connectivity index (χ3n) is 6.23. The van der Waals surface area contributed by atoms with Gasteiger partial charge in [-0.15, -0.1) is 0 Å². The van der Waals surface area contributed by atoms with E-state index in [1.54, 1.807) is 0 Å². The summed E-state index contributed by atoms with van der Waals surface area (Å²) >= 11 is 0. The number of carbonyl (C=O) groups is 2. The van der Waals surface area contributed by atoms with E-state index in [0.717, 1.165) is 4.31 Å². The lowest BCUT2D eigenvalue weighted by Crippen LogP contribution is -2.59. The van der Waals surface area contributed by atoms with Crippen LogP contribution in [-0.4, -0.2) is 108 Å². The van der Waals surface area contributed by atoms with Gasteiger partial charge in [-0.1, -0.05) is 13.3 Å². The summed E-state index contributed by atoms with van der Waals surface area (Å²) in [6, 6.07) is -2.05. The molecule has 0 radical (unpaired) electrons. The fourth-order valence-electron chi connectivity index (χ4n) is 4.31. The Labute approximate surface area is 194 Å². The van der Waals surface area contributed by atoms with E-state index in [1.807, 2.05) is 6.92 Å². The van der Waals surface area contributed by atoms with Crippen molar-refractivity contribution in [3.05, 3.63) is 0 Å². The zero-order chi connectivity index (χ0) is 25.0. The van der Waals surface area contributed by atoms with Crippen LogP contribution in [0.5, 0.6) is 0 Å². The third kappa shape index (κ3) is 6.42. The van der Waals surface area contributed by atoms with Crippen molar-refractivity contribution in [3.63, 3.8) is 0 Å². The first-order chi connectivity index (χ1) is 15.3. The molecule has 2 aliphatic rings. The average Bonchev–Trinajstić information content (AvgIpc) is 3.31. The van der Waals surface area contributed by atoms with Crippen LogP contribution in [0.4, 0.5) is 0 Å². The lowest BCUT2D eigenvalue weighted by atomic mass is 9.78. The number of carboxylic acids is 1. The van der Waals surface area contributed by atoms with Crippen LogP contribution in [-0.2, 0) is 24.5 Å². The van der Waals surface area contributed by atoms with Crippen molar-refractivity contribution in [2.45, 2.75) is 63.1 Å². The van der Waals surface area contributed by atoms with Crippen molar-refractivity contribution in [1.29, 1.82) is 0 Å². The Morgan fingerprint density at radius 2 is 2.03 bits per heavy atom. The standard InChI is InChI=1S/C18H36BN5O8S/c1-3-7-24(15-10-32-9-14(15)22-16(25)12(2)20)33(30,31)23-8-13(5-4-6-19(28)29)18(21,11-23)17(26)27/h12-15,28-29H,3-11,20-21H2,1-2H3,(H,22,25)(H,26,27)/t12-,13-,14-,15?,18-/m0/s1. The van der Waals surface area contributed by atoms with E-state index in [0.29, 0.717) is 6.42 Å². The van der Waals surface area contributed by atoms with E-state index >= 15 is 0 Å². The van der Waals surface area contributed by atoms with Crippen molar-refractivity contribution in [2.75, 3.05) is 32.8 Å². The predicted octanol–water partition coefficient (Wildman–Crippen LogP) is -2.86. The molecule has 2 heterocycles. The summed E-state index contributed by atoms with van der Waals surface area (Å²) in [4.78, 5) is 24.0. The van der Waals surface area contributed by atoms with Crippen LogP contribution >= 0.6 is 0 Å². The number of nitrogens with two attached hydrogens (primary N) is 2. The first kappa shape index (κ1) is 27.9. The van der Waals surface area contributed by atoms with Gasteiger partial charge in [-0.25, -0.2) is 0 Å². The van der Waals surface area contributed by atoms with Crippen LogP contribution in [0.1, 0.15) is 33.1 Å². The molecule has 2 fully saturated rings. The van der Waals surface area contributed by atoms with Crippen LogP contribution in [0.2, 0.25) is 6.32 Å². The summed E-state index contributed by atoms with van der Waals surface area (Å²) < 4.78 is 35.1. The molecule has 8 N–H and O–H groups in total. The summed E-state index contributed by atoms with van der Waals surface area (Å²) in [7, 11) is -5.69. The zero-order valence-electron chi connectivity index (χ0n) is 19.1. The molecule has 0 aromatic rings. The molecular formula is C18H36BN5O8S. The van der Waals surface area contributed by atoms with Gasteiger partial charge in [0, 0.05) is 25.6 Å². The maximum atomic E-state index is 13.6. The van der Waals surface area contributed by atoms with Crippen molar-refractivity contribution >= 4 is 29.2 Å². The third-order valence-corrected chi connectivity index (χ3v) is 8.21. The topological polar surface area (TPSA) is 209 Å². The Morgan fingerprint density at radius 1 is 1.36 bits per heavy atom. The summed E-state index contributed by atoms with van der Waals surface area (Å²) in [6.07, 6.45) is 1.02. The van der Waals surface area contributed by atoms with Gasteiger partial charge in [0.2, 0.25) is 5.91 Å². The first-order valence-corrected chi connectivity index (χ1v) is 12.5. The second-order valence-corrected chi connectivity index (χ2v) is 10.8. The Morgan fingerprint density at radius 3 is 2.58 bits per heavy atom. The Kier molecular flexibility index (Phi) is 9.64. The highest BCUT2D eigenvalue weighted by Crippen LogP contribution is 2.34. The smallest absolute Gasteiger partial charge is 0.451 e. The van der Waals surface area contributed by atoms with E-state index < -0.39 is 65.3 Å². The minimum Gasteiger partial charge on any atom is -0.480 e. The second kappa shape index (κ2) is 11.4. The van der Waals surface area contributed by atoms with Gasteiger partial charge in [-0.2, -0.15) is 17.0 Å². The van der Waals surface area contributed by atoms with E-state index in [-0.39, 0.29) is 45.5 Å². The number of carboxylic acid groups (broad SMARTS) is 1. The molecule has 2 rings (SSSR count). The minimum atomic E-state index is -4.15. The first-order valence-electron chi connectivity index (χ1n) is 11.1. The molecule has 33 heavy (non-hydrogen) atoms. The fourth-order valence-corrected chi connectivity index (χ4v) is 6.31. The van der Waals surface area contributed by atoms with Gasteiger partial charge >= 0.3 is 13.1 Å². The number of rotatable bonds is 12. The van der Waals surface area contributed by atoms with Gasteiger partial charge in [-0.3, -0.25) is 9.59 Å². The number of aliphatic carboxylic acids is 1. The van der Waals surface area contributed by atoms with E-state index in [1.165, 1.54) is 11.2 Å². The lowest BCUT2D eigenvalue weighted by molar-refractivity contribution is -0.144. The predicted molar refractivity (Wildman–Crippen MR) is 120 cm³/mol. The fraction of sp³-hybridized carbons (Fsp3) is 0.889. The molecule has 0 aromatic carbocycles. The number of nitrogens with one attached hydrogen (secondary N) is 1. The summed E-state index contributed by atoms with van der Waals surface area (Å²) in [5.74, 6) is -2.45. The molecule has 13 nitrogen and oxygen atoms in total. The molecule has 0 bridgehead atoms. The Bertz CT molecular complexity index is 801. The van der Waals surface area contributed by atoms with Crippen molar-refractivity contribution < 1.29 is 37.9 Å². The van der Waals surface area contributed by atoms with E-state index in [2.05, 4.69) is 5.32 Å². The molecule has 5 atom stereocenters. The van der Waals surface area contributed by atoms with Gasteiger partial charge in [0.25, 0.3) is 10.2 Å². The van der Waals surface area contributed by atoms with Crippen molar-refractivity contribution in [1.82, 2.24) is 13.9 Å². The molecule has 190 valence electrons. The second-order valence-electron chi connectivity index (χ2n) is 8.87. The number of nitrogens with zero attached hydrogens (tertiary/aromatic N) is 2. The number of amides is 1. The molecule has 0 aliphatic carbocycles. The highest BCUT2D eigenvalue weighted by molar-refractivity contribution is 7.86. The SMILES string of the molecule is CCCN(C1COC[C@@H]1NC(=O)[C@H](C)N)S(=O)(=O)N1C[C@H](CCCB(O)O)[C@](N)(C(=O)O)C1. The van der Waals surface area contributed by atoms with Crippen LogP contribution in [0, 0.1) is 5.92 Å². The maximum Gasteiger partial charge on any atom is 0.451 e. The quantitative estimate of drug-likeness (QED) is 0.153. The highest BCUT2D eigenvalue weighted by atomic mass is 32.2. The Hall–Kier alpha value is -1.33. The molecule has 0 spiro atoms. The van der Waals surface area contributed by atoms with Crippen LogP contribution in [0.25, 0.3) is 0 Å². The van der Waals surface area contributed by atoms with Crippen LogP contribution in [0.3, 0.4) is 0 Å². The zero-order valence-corrected chi connectivity index (χ0v) is 19.9. The summed E-state index contributed by atoms with van der Waals surface area (Å²) in [6.45, 7) is 3.14. The number of carbonyl (C=O) groups excluding carboxylic acids is 1. The molecule has 2 aliphatic heterocycles. The normalized spacial score (nSPS) is 29.4.